The van der Waals surface area contributed by atoms with Crippen LogP contribution >= 0.6 is 0 Å². The van der Waals surface area contributed by atoms with Gasteiger partial charge in [0.05, 0.1) is 6.54 Å². The molecule has 2 heterocycles. The fraction of sp³-hybridized carbons (Fsp3) is 0.273. The number of hydrogen-bond donors (Lipinski definition) is 0. The summed E-state index contributed by atoms with van der Waals surface area (Å²) in [7, 11) is -3.46. The first kappa shape index (κ1) is 20.5. The zero-order valence-electron chi connectivity index (χ0n) is 16.6. The predicted octanol–water partition coefficient (Wildman–Crippen LogP) is 3.25. The molecule has 1 aliphatic rings. The van der Waals surface area contributed by atoms with Crippen molar-refractivity contribution in [2.75, 3.05) is 26.2 Å². The normalized spacial score (nSPS) is 16.7. The van der Waals surface area contributed by atoms with Crippen molar-refractivity contribution in [2.24, 2.45) is 0 Å². The molecule has 0 aliphatic carbocycles. The lowest BCUT2D eigenvalue weighted by Gasteiger charge is -2.19. The first-order chi connectivity index (χ1) is 14.6. The van der Waals surface area contributed by atoms with Gasteiger partial charge in [-0.25, -0.2) is 8.42 Å². The smallest absolute Gasteiger partial charge is 0.257 e. The highest BCUT2D eigenvalue weighted by Gasteiger charge is 2.24. The van der Waals surface area contributed by atoms with E-state index in [-0.39, 0.29) is 0 Å². The minimum absolute atomic E-state index is 0.435. The molecule has 3 aromatic rings. The molecule has 1 fully saturated rings. The van der Waals surface area contributed by atoms with Gasteiger partial charge in [-0.3, -0.25) is 4.90 Å². The summed E-state index contributed by atoms with van der Waals surface area (Å²) in [6.45, 7) is 2.87. The van der Waals surface area contributed by atoms with Crippen molar-refractivity contribution in [3.05, 3.63) is 77.5 Å². The second-order valence-electron chi connectivity index (χ2n) is 7.17. The summed E-state index contributed by atoms with van der Waals surface area (Å²) in [5.41, 5.74) is 1.75. The van der Waals surface area contributed by atoms with Gasteiger partial charge in [-0.1, -0.05) is 53.7 Å². The first-order valence-electron chi connectivity index (χ1n) is 9.94. The zero-order chi connectivity index (χ0) is 20.8. The molecule has 1 aliphatic heterocycles. The summed E-state index contributed by atoms with van der Waals surface area (Å²) >= 11 is 0. The lowest BCUT2D eigenvalue weighted by molar-refractivity contribution is 0.267. The summed E-state index contributed by atoms with van der Waals surface area (Å²) < 4.78 is 32.3. The predicted molar refractivity (Wildman–Crippen MR) is 116 cm³/mol. The molecule has 7 nitrogen and oxygen atoms in total. The SMILES string of the molecule is O=S(=O)(/C=C/c1ccccc1)N1CCCN(Cc2noc(-c3ccccc3)n2)CC1. The summed E-state index contributed by atoms with van der Waals surface area (Å²) in [6, 6.07) is 19.1. The van der Waals surface area contributed by atoms with Crippen LogP contribution in [0.2, 0.25) is 0 Å². The Labute approximate surface area is 176 Å². The summed E-state index contributed by atoms with van der Waals surface area (Å²) in [4.78, 5) is 6.64. The molecule has 0 bridgehead atoms. The van der Waals surface area contributed by atoms with E-state index >= 15 is 0 Å². The van der Waals surface area contributed by atoms with E-state index in [0.29, 0.717) is 37.9 Å². The molecule has 0 N–H and O–H groups in total. The largest absolute Gasteiger partial charge is 0.334 e. The highest BCUT2D eigenvalue weighted by atomic mass is 32.2. The van der Waals surface area contributed by atoms with Gasteiger partial charge in [0.15, 0.2) is 5.82 Å². The molecular weight excluding hydrogens is 400 g/mol. The highest BCUT2D eigenvalue weighted by molar-refractivity contribution is 7.92. The number of hydrogen-bond acceptors (Lipinski definition) is 6. The molecule has 0 spiro atoms. The van der Waals surface area contributed by atoms with Crippen LogP contribution < -0.4 is 0 Å². The van der Waals surface area contributed by atoms with Crippen LogP contribution in [0.15, 0.2) is 70.6 Å². The highest BCUT2D eigenvalue weighted by Crippen LogP contribution is 2.18. The number of rotatable bonds is 6. The second-order valence-corrected chi connectivity index (χ2v) is 8.99. The van der Waals surface area contributed by atoms with Crippen LogP contribution in [0, 0.1) is 0 Å². The number of sulfonamides is 1. The molecule has 1 saturated heterocycles. The molecule has 1 aromatic heterocycles. The molecule has 0 radical (unpaired) electrons. The van der Waals surface area contributed by atoms with E-state index in [1.54, 1.807) is 6.08 Å². The summed E-state index contributed by atoms with van der Waals surface area (Å²) in [5, 5.41) is 5.37. The molecule has 0 saturated carbocycles. The Morgan fingerprint density at radius 2 is 1.67 bits per heavy atom. The van der Waals surface area contributed by atoms with Crippen LogP contribution in [0.25, 0.3) is 17.5 Å². The van der Waals surface area contributed by atoms with Gasteiger partial charge in [0.25, 0.3) is 5.89 Å². The lowest BCUT2D eigenvalue weighted by Crippen LogP contribution is -2.34. The van der Waals surface area contributed by atoms with Crippen LogP contribution in [0.3, 0.4) is 0 Å². The number of aromatic nitrogens is 2. The third-order valence-electron chi connectivity index (χ3n) is 4.99. The minimum Gasteiger partial charge on any atom is -0.334 e. The van der Waals surface area contributed by atoms with E-state index in [2.05, 4.69) is 15.0 Å². The molecule has 156 valence electrons. The molecule has 8 heteroatoms. The maximum absolute atomic E-state index is 12.7. The van der Waals surface area contributed by atoms with E-state index in [4.69, 9.17) is 4.52 Å². The van der Waals surface area contributed by atoms with Crippen molar-refractivity contribution in [1.29, 1.82) is 0 Å². The van der Waals surface area contributed by atoms with E-state index in [1.807, 2.05) is 60.7 Å². The van der Waals surface area contributed by atoms with Crippen LogP contribution in [0.4, 0.5) is 0 Å². The molecule has 0 amide bonds. The monoisotopic (exact) mass is 424 g/mol. The third kappa shape index (κ3) is 5.21. The van der Waals surface area contributed by atoms with E-state index < -0.39 is 10.0 Å². The van der Waals surface area contributed by atoms with Gasteiger partial charge < -0.3 is 4.52 Å². The molecular formula is C22H24N4O3S. The van der Waals surface area contributed by atoms with Crippen LogP contribution in [0.5, 0.6) is 0 Å². The third-order valence-corrected chi connectivity index (χ3v) is 6.56. The van der Waals surface area contributed by atoms with E-state index in [9.17, 15) is 8.42 Å². The van der Waals surface area contributed by atoms with Crippen molar-refractivity contribution in [3.8, 4) is 11.5 Å². The van der Waals surface area contributed by atoms with Gasteiger partial charge >= 0.3 is 0 Å². The van der Waals surface area contributed by atoms with Gasteiger partial charge in [0, 0.05) is 30.6 Å². The zero-order valence-corrected chi connectivity index (χ0v) is 17.4. The van der Waals surface area contributed by atoms with Crippen molar-refractivity contribution in [2.45, 2.75) is 13.0 Å². The van der Waals surface area contributed by atoms with Crippen LogP contribution in [-0.2, 0) is 16.6 Å². The van der Waals surface area contributed by atoms with Crippen LogP contribution in [-0.4, -0.2) is 53.9 Å². The Hall–Kier alpha value is -2.81. The Kier molecular flexibility index (Phi) is 6.37. The average molecular weight is 425 g/mol. The van der Waals surface area contributed by atoms with Gasteiger partial charge in [0.2, 0.25) is 10.0 Å². The molecule has 0 atom stereocenters. The Morgan fingerprint density at radius 1 is 0.933 bits per heavy atom. The average Bonchev–Trinajstić information content (AvgIpc) is 3.11. The molecule has 2 aromatic carbocycles. The minimum atomic E-state index is -3.46. The van der Waals surface area contributed by atoms with Crippen molar-refractivity contribution in [1.82, 2.24) is 19.3 Å². The maximum Gasteiger partial charge on any atom is 0.257 e. The molecule has 0 unspecified atom stereocenters. The standard InChI is InChI=1S/C22H24N4O3S/c27-30(28,17-12-19-8-3-1-4-9-19)26-14-7-13-25(15-16-26)18-21-23-22(29-24-21)20-10-5-2-6-11-20/h1-6,8-12,17H,7,13-16,18H2/b17-12+. The van der Waals surface area contributed by atoms with Crippen LogP contribution in [0.1, 0.15) is 17.8 Å². The van der Waals surface area contributed by atoms with Crippen molar-refractivity contribution in [3.63, 3.8) is 0 Å². The molecule has 30 heavy (non-hydrogen) atoms. The van der Waals surface area contributed by atoms with Gasteiger partial charge in [0.1, 0.15) is 0 Å². The lowest BCUT2D eigenvalue weighted by atomic mass is 10.2. The fourth-order valence-corrected chi connectivity index (χ4v) is 4.61. The van der Waals surface area contributed by atoms with Gasteiger partial charge in [-0.2, -0.15) is 9.29 Å². The van der Waals surface area contributed by atoms with Gasteiger partial charge in [-0.05, 0) is 36.7 Å². The summed E-state index contributed by atoms with van der Waals surface area (Å²) in [6.07, 6.45) is 2.39. The number of benzene rings is 2. The Bertz CT molecular complexity index is 1080. The Balaban J connectivity index is 1.36. The van der Waals surface area contributed by atoms with Crippen molar-refractivity contribution >= 4 is 16.1 Å². The first-order valence-corrected chi connectivity index (χ1v) is 11.4. The fourth-order valence-electron chi connectivity index (χ4n) is 3.39. The maximum atomic E-state index is 12.7. The van der Waals surface area contributed by atoms with Gasteiger partial charge in [-0.15, -0.1) is 0 Å². The topological polar surface area (TPSA) is 79.5 Å². The van der Waals surface area contributed by atoms with Crippen molar-refractivity contribution < 1.29 is 12.9 Å². The van der Waals surface area contributed by atoms with E-state index in [0.717, 1.165) is 24.1 Å². The summed E-state index contributed by atoms with van der Waals surface area (Å²) in [5.74, 6) is 1.10. The van der Waals surface area contributed by atoms with E-state index in [1.165, 1.54) is 9.71 Å². The Morgan fingerprint density at radius 3 is 2.43 bits per heavy atom. The second kappa shape index (κ2) is 9.34. The number of nitrogens with zero attached hydrogens (tertiary/aromatic N) is 4. The quantitative estimate of drug-likeness (QED) is 0.604. The molecule has 4 rings (SSSR count).